The van der Waals surface area contributed by atoms with E-state index in [1.165, 1.54) is 32.4 Å². The summed E-state index contributed by atoms with van der Waals surface area (Å²) in [4.78, 5) is 5.73. The maximum atomic E-state index is 2.36. The van der Waals surface area contributed by atoms with Crippen molar-refractivity contribution in [3.63, 3.8) is 0 Å². The van der Waals surface area contributed by atoms with E-state index < -0.39 is 0 Å². The average molecular weight is 236 g/mol. The zero-order valence-corrected chi connectivity index (χ0v) is 9.83. The van der Waals surface area contributed by atoms with E-state index in [0.29, 0.717) is 0 Å². The van der Waals surface area contributed by atoms with Crippen molar-refractivity contribution >= 4 is 23.5 Å². The van der Waals surface area contributed by atoms with Crippen LogP contribution >= 0.6 is 23.5 Å². The molecule has 0 aromatic heterocycles. The smallest absolute Gasteiger partial charge is 0.0262 e. The lowest BCUT2D eigenvalue weighted by Crippen LogP contribution is -1.94. The zero-order chi connectivity index (χ0) is 9.38. The van der Waals surface area contributed by atoms with E-state index in [-0.39, 0.29) is 5.48 Å². The van der Waals surface area contributed by atoms with Gasteiger partial charge in [0.15, 0.2) is 0 Å². The van der Waals surface area contributed by atoms with Crippen LogP contribution in [0.4, 0.5) is 0 Å². The summed E-state index contributed by atoms with van der Waals surface area (Å²) in [6.45, 7) is 0. The number of hydrogen-bond donors (Lipinski definition) is 0. The minimum Gasteiger partial charge on any atom is -0.412 e. The van der Waals surface area contributed by atoms with Crippen LogP contribution in [0, 0.1) is 0 Å². The van der Waals surface area contributed by atoms with Gasteiger partial charge in [0.05, 0.1) is 0 Å². The lowest BCUT2D eigenvalue weighted by Gasteiger charge is -2.22. The van der Waals surface area contributed by atoms with Gasteiger partial charge in [0.1, 0.15) is 0 Å². The SMILES string of the molecule is C1=C2Sc3ccccc3SC2=CCC1.O. The Labute approximate surface area is 98.0 Å². The minimum absolute atomic E-state index is 0. The molecule has 0 fully saturated rings. The molecule has 3 heteroatoms. The van der Waals surface area contributed by atoms with Crippen LogP contribution in [0.3, 0.4) is 0 Å². The molecule has 1 aliphatic carbocycles. The molecule has 0 atom stereocenters. The molecule has 1 aromatic rings. The Hall–Kier alpha value is -0.640. The van der Waals surface area contributed by atoms with Crippen molar-refractivity contribution in [3.8, 4) is 0 Å². The van der Waals surface area contributed by atoms with Gasteiger partial charge in [-0.25, -0.2) is 0 Å². The van der Waals surface area contributed by atoms with Crippen LogP contribution < -0.4 is 0 Å². The molecule has 15 heavy (non-hydrogen) atoms. The van der Waals surface area contributed by atoms with Crippen molar-refractivity contribution < 1.29 is 5.48 Å². The molecule has 2 N–H and O–H groups in total. The fraction of sp³-hybridized carbons (Fsp3) is 0.167. The first-order valence-electron chi connectivity index (χ1n) is 4.79. The Morgan fingerprint density at radius 3 is 1.73 bits per heavy atom. The summed E-state index contributed by atoms with van der Waals surface area (Å²) in [5.74, 6) is 0. The van der Waals surface area contributed by atoms with Gasteiger partial charge >= 0.3 is 0 Å². The molecule has 0 amide bonds. The molecule has 1 aliphatic heterocycles. The third kappa shape index (κ3) is 2.00. The van der Waals surface area contributed by atoms with Gasteiger partial charge in [-0.2, -0.15) is 0 Å². The van der Waals surface area contributed by atoms with E-state index in [1.54, 1.807) is 0 Å². The van der Waals surface area contributed by atoms with Crippen LogP contribution in [0.25, 0.3) is 0 Å². The molecule has 0 bridgehead atoms. The van der Waals surface area contributed by atoms with Crippen LogP contribution in [-0.4, -0.2) is 5.48 Å². The van der Waals surface area contributed by atoms with Crippen molar-refractivity contribution in [1.82, 2.24) is 0 Å². The van der Waals surface area contributed by atoms with Crippen molar-refractivity contribution in [3.05, 3.63) is 46.2 Å². The highest BCUT2D eigenvalue weighted by Gasteiger charge is 2.19. The fourth-order valence-electron chi connectivity index (χ4n) is 1.67. The van der Waals surface area contributed by atoms with E-state index in [4.69, 9.17) is 0 Å². The Balaban J connectivity index is 0.000000853. The standard InChI is InChI=1S/C12H10S2.H2O/c1-2-6-10-9(5-1)13-11-7-3-4-8-12(11)14-10;/h1-2,5-8H,3-4H2;1H2. The Morgan fingerprint density at radius 1 is 0.800 bits per heavy atom. The van der Waals surface area contributed by atoms with Gasteiger partial charge in [-0.1, -0.05) is 47.8 Å². The summed E-state index contributed by atoms with van der Waals surface area (Å²) in [6, 6.07) is 8.65. The first kappa shape index (κ1) is 10.9. The lowest BCUT2D eigenvalue weighted by molar-refractivity contribution is 0.824. The average Bonchev–Trinajstić information content (AvgIpc) is 2.26. The topological polar surface area (TPSA) is 31.5 Å². The van der Waals surface area contributed by atoms with Crippen LogP contribution in [0.1, 0.15) is 12.8 Å². The molecular weight excluding hydrogens is 224 g/mol. The predicted molar refractivity (Wildman–Crippen MR) is 67.2 cm³/mol. The summed E-state index contributed by atoms with van der Waals surface area (Å²) >= 11 is 3.83. The maximum absolute atomic E-state index is 2.36. The number of benzene rings is 1. The number of thioether (sulfide) groups is 2. The van der Waals surface area contributed by atoms with E-state index in [1.807, 2.05) is 23.5 Å². The van der Waals surface area contributed by atoms with Crippen LogP contribution in [0.15, 0.2) is 56.0 Å². The molecule has 0 saturated carbocycles. The highest BCUT2D eigenvalue weighted by Crippen LogP contribution is 2.50. The van der Waals surface area contributed by atoms with Gasteiger partial charge in [0.25, 0.3) is 0 Å². The third-order valence-electron chi connectivity index (χ3n) is 2.36. The van der Waals surface area contributed by atoms with E-state index in [0.717, 1.165) is 0 Å². The van der Waals surface area contributed by atoms with Gasteiger partial charge in [-0.15, -0.1) is 0 Å². The van der Waals surface area contributed by atoms with Gasteiger partial charge in [0.2, 0.25) is 0 Å². The first-order valence-corrected chi connectivity index (χ1v) is 6.42. The van der Waals surface area contributed by atoms with E-state index in [2.05, 4.69) is 36.4 Å². The van der Waals surface area contributed by atoms with Crippen molar-refractivity contribution in [2.24, 2.45) is 0 Å². The molecule has 78 valence electrons. The molecule has 1 heterocycles. The Bertz CT molecular complexity index is 394. The summed E-state index contributed by atoms with van der Waals surface area (Å²) < 4.78 is 0. The second kappa shape index (κ2) is 4.47. The van der Waals surface area contributed by atoms with Crippen molar-refractivity contribution in [1.29, 1.82) is 0 Å². The number of fused-ring (bicyclic) bond motifs is 2. The van der Waals surface area contributed by atoms with Gasteiger partial charge in [0, 0.05) is 19.6 Å². The quantitative estimate of drug-likeness (QED) is 0.689. The normalized spacial score (nSPS) is 17.9. The first-order chi connectivity index (χ1) is 6.93. The second-order valence-electron chi connectivity index (χ2n) is 3.36. The van der Waals surface area contributed by atoms with Crippen LogP contribution in [0.2, 0.25) is 0 Å². The second-order valence-corrected chi connectivity index (χ2v) is 5.53. The number of allylic oxidation sites excluding steroid dienone is 2. The van der Waals surface area contributed by atoms with E-state index >= 15 is 0 Å². The van der Waals surface area contributed by atoms with E-state index in [9.17, 15) is 0 Å². The molecule has 3 rings (SSSR count). The Morgan fingerprint density at radius 2 is 1.27 bits per heavy atom. The summed E-state index contributed by atoms with van der Waals surface area (Å²) in [5.41, 5.74) is 0. The highest BCUT2D eigenvalue weighted by atomic mass is 32.2. The van der Waals surface area contributed by atoms with Crippen LogP contribution in [-0.2, 0) is 0 Å². The lowest BCUT2D eigenvalue weighted by atomic mass is 10.2. The molecule has 0 saturated heterocycles. The van der Waals surface area contributed by atoms with Gasteiger partial charge < -0.3 is 5.48 Å². The summed E-state index contributed by atoms with van der Waals surface area (Å²) in [7, 11) is 0. The van der Waals surface area contributed by atoms with Crippen molar-refractivity contribution in [2.75, 3.05) is 0 Å². The minimum atomic E-state index is 0. The van der Waals surface area contributed by atoms with Crippen molar-refractivity contribution in [2.45, 2.75) is 22.6 Å². The summed E-state index contributed by atoms with van der Waals surface area (Å²) in [6.07, 6.45) is 7.13. The fourth-order valence-corrected chi connectivity index (χ4v) is 4.04. The Kier molecular flexibility index (Phi) is 3.24. The predicted octanol–water partition coefficient (Wildman–Crippen LogP) is 3.62. The number of rotatable bonds is 0. The molecule has 0 unspecified atom stereocenters. The number of hydrogen-bond acceptors (Lipinski definition) is 2. The summed E-state index contributed by atoms with van der Waals surface area (Å²) in [5, 5.41) is 0. The molecule has 2 aliphatic rings. The highest BCUT2D eigenvalue weighted by molar-refractivity contribution is 8.11. The molecule has 0 spiro atoms. The third-order valence-corrected chi connectivity index (χ3v) is 4.98. The molecule has 0 radical (unpaired) electrons. The monoisotopic (exact) mass is 236 g/mol. The molecule has 1 nitrogen and oxygen atoms in total. The van der Waals surface area contributed by atoms with Gasteiger partial charge in [-0.3, -0.25) is 0 Å². The molecule has 1 aromatic carbocycles. The van der Waals surface area contributed by atoms with Gasteiger partial charge in [-0.05, 0) is 25.0 Å². The molecular formula is C12H12OS2. The van der Waals surface area contributed by atoms with Crippen LogP contribution in [0.5, 0.6) is 0 Å². The zero-order valence-electron chi connectivity index (χ0n) is 8.19. The maximum Gasteiger partial charge on any atom is 0.0262 e. The largest absolute Gasteiger partial charge is 0.412 e.